The summed E-state index contributed by atoms with van der Waals surface area (Å²) in [5, 5.41) is 2.76. The summed E-state index contributed by atoms with van der Waals surface area (Å²) in [5.74, 6) is -0.175. The van der Waals surface area contributed by atoms with Crippen LogP contribution in [0, 0.1) is 0 Å². The number of methoxy groups -OCH3 is 1. The van der Waals surface area contributed by atoms with E-state index < -0.39 is 0 Å². The second-order valence-electron chi connectivity index (χ2n) is 4.90. The molecule has 0 bridgehead atoms. The molecule has 0 radical (unpaired) electrons. The third-order valence-electron chi connectivity index (χ3n) is 3.48. The highest BCUT2D eigenvalue weighted by atomic mass is 16.5. The molecule has 1 unspecified atom stereocenters. The minimum absolute atomic E-state index is 0.00884. The maximum atomic E-state index is 12.2. The molecule has 0 spiro atoms. The van der Waals surface area contributed by atoms with Gasteiger partial charge in [-0.25, -0.2) is 0 Å². The zero-order valence-corrected chi connectivity index (χ0v) is 13.5. The molecule has 0 heterocycles. The van der Waals surface area contributed by atoms with Crippen molar-refractivity contribution in [1.82, 2.24) is 4.90 Å². The number of amides is 2. The molecule has 0 fully saturated rings. The van der Waals surface area contributed by atoms with Crippen LogP contribution in [0.5, 0.6) is 0 Å². The van der Waals surface area contributed by atoms with Gasteiger partial charge in [0, 0.05) is 38.0 Å². The maximum Gasteiger partial charge on any atom is 0.253 e. The first-order valence-electron chi connectivity index (χ1n) is 7.47. The first-order valence-corrected chi connectivity index (χ1v) is 7.47. The SMILES string of the molecule is CCN(CC)C(=O)c1ccc(NC(=O)CC(CN)OC)cc1. The molecule has 0 aromatic heterocycles. The van der Waals surface area contributed by atoms with E-state index in [9.17, 15) is 9.59 Å². The number of carbonyl (C=O) groups is 2. The zero-order chi connectivity index (χ0) is 16.5. The van der Waals surface area contributed by atoms with Crippen molar-refractivity contribution in [3.63, 3.8) is 0 Å². The fourth-order valence-electron chi connectivity index (χ4n) is 2.07. The second kappa shape index (κ2) is 9.17. The number of hydrogen-bond acceptors (Lipinski definition) is 4. The Morgan fingerprint density at radius 1 is 1.23 bits per heavy atom. The average Bonchev–Trinajstić information content (AvgIpc) is 2.54. The molecule has 1 aromatic carbocycles. The molecule has 6 heteroatoms. The largest absolute Gasteiger partial charge is 0.380 e. The predicted octanol–water partition coefficient (Wildman–Crippen LogP) is 1.47. The Morgan fingerprint density at radius 3 is 2.27 bits per heavy atom. The first-order chi connectivity index (χ1) is 10.5. The van der Waals surface area contributed by atoms with E-state index in [0.717, 1.165) is 0 Å². The molecule has 0 aliphatic rings. The highest BCUT2D eigenvalue weighted by Crippen LogP contribution is 2.12. The molecule has 6 nitrogen and oxygen atoms in total. The van der Waals surface area contributed by atoms with E-state index in [-0.39, 0.29) is 24.3 Å². The van der Waals surface area contributed by atoms with Gasteiger partial charge in [-0.2, -0.15) is 0 Å². The van der Waals surface area contributed by atoms with Crippen LogP contribution in [-0.4, -0.2) is 49.6 Å². The van der Waals surface area contributed by atoms with E-state index in [2.05, 4.69) is 5.32 Å². The summed E-state index contributed by atoms with van der Waals surface area (Å²) in [6.45, 7) is 5.52. The van der Waals surface area contributed by atoms with Gasteiger partial charge in [0.05, 0.1) is 12.5 Å². The zero-order valence-electron chi connectivity index (χ0n) is 13.5. The summed E-state index contributed by atoms with van der Waals surface area (Å²) < 4.78 is 5.07. The van der Waals surface area contributed by atoms with Gasteiger partial charge in [-0.15, -0.1) is 0 Å². The Labute approximate surface area is 131 Å². The van der Waals surface area contributed by atoms with Crippen LogP contribution in [0.3, 0.4) is 0 Å². The van der Waals surface area contributed by atoms with Crippen LogP contribution in [0.15, 0.2) is 24.3 Å². The third-order valence-corrected chi connectivity index (χ3v) is 3.48. The maximum absolute atomic E-state index is 12.2. The van der Waals surface area contributed by atoms with Gasteiger partial charge in [0.1, 0.15) is 0 Å². The molecule has 1 aromatic rings. The topological polar surface area (TPSA) is 84.7 Å². The third kappa shape index (κ3) is 5.13. The van der Waals surface area contributed by atoms with Crippen LogP contribution in [0.4, 0.5) is 5.69 Å². The van der Waals surface area contributed by atoms with Crippen molar-refractivity contribution in [2.45, 2.75) is 26.4 Å². The molecular weight excluding hydrogens is 282 g/mol. The number of benzene rings is 1. The summed E-state index contributed by atoms with van der Waals surface area (Å²) in [4.78, 5) is 25.8. The highest BCUT2D eigenvalue weighted by Gasteiger charge is 2.14. The number of nitrogens with one attached hydrogen (secondary N) is 1. The Morgan fingerprint density at radius 2 is 1.82 bits per heavy atom. The molecule has 2 amide bonds. The standard InChI is InChI=1S/C16H25N3O3/c1-4-19(5-2)16(21)12-6-8-13(9-7-12)18-15(20)10-14(11-17)22-3/h6-9,14H,4-5,10-11,17H2,1-3H3,(H,18,20). The van der Waals surface area contributed by atoms with Crippen LogP contribution < -0.4 is 11.1 Å². The fraction of sp³-hybridized carbons (Fsp3) is 0.500. The lowest BCUT2D eigenvalue weighted by atomic mass is 10.1. The van der Waals surface area contributed by atoms with Crippen LogP contribution in [0.2, 0.25) is 0 Å². The second-order valence-corrected chi connectivity index (χ2v) is 4.90. The lowest BCUT2D eigenvalue weighted by Gasteiger charge is -2.18. The lowest BCUT2D eigenvalue weighted by molar-refractivity contribution is -0.118. The van der Waals surface area contributed by atoms with Gasteiger partial charge >= 0.3 is 0 Å². The van der Waals surface area contributed by atoms with Crippen LogP contribution in [-0.2, 0) is 9.53 Å². The number of anilines is 1. The Bertz CT molecular complexity index is 480. The first kappa shape index (κ1) is 18.1. The van der Waals surface area contributed by atoms with E-state index in [1.807, 2.05) is 13.8 Å². The minimum Gasteiger partial charge on any atom is -0.380 e. The number of rotatable bonds is 8. The number of hydrogen-bond donors (Lipinski definition) is 2. The van der Waals surface area contributed by atoms with E-state index in [0.29, 0.717) is 30.9 Å². The van der Waals surface area contributed by atoms with E-state index in [4.69, 9.17) is 10.5 Å². The van der Waals surface area contributed by atoms with Crippen LogP contribution >= 0.6 is 0 Å². The summed E-state index contributed by atoms with van der Waals surface area (Å²) in [5.41, 5.74) is 6.74. The van der Waals surface area contributed by atoms with Crippen LogP contribution in [0.25, 0.3) is 0 Å². The monoisotopic (exact) mass is 307 g/mol. The molecule has 0 aliphatic carbocycles. The van der Waals surface area contributed by atoms with Gasteiger partial charge in [0.2, 0.25) is 5.91 Å². The molecule has 1 atom stereocenters. The van der Waals surface area contributed by atoms with Crippen molar-refractivity contribution >= 4 is 17.5 Å². The van der Waals surface area contributed by atoms with Gasteiger partial charge in [0.25, 0.3) is 5.91 Å². The lowest BCUT2D eigenvalue weighted by Crippen LogP contribution is -2.30. The molecule has 22 heavy (non-hydrogen) atoms. The number of nitrogens with zero attached hydrogens (tertiary/aromatic N) is 1. The van der Waals surface area contributed by atoms with Crippen LogP contribution in [0.1, 0.15) is 30.6 Å². The Hall–Kier alpha value is -1.92. The van der Waals surface area contributed by atoms with Gasteiger partial charge in [-0.1, -0.05) is 0 Å². The minimum atomic E-state index is -0.288. The number of carbonyl (C=O) groups excluding carboxylic acids is 2. The smallest absolute Gasteiger partial charge is 0.253 e. The average molecular weight is 307 g/mol. The normalized spacial score (nSPS) is 11.8. The van der Waals surface area contributed by atoms with E-state index in [1.54, 1.807) is 29.2 Å². The van der Waals surface area contributed by atoms with Gasteiger partial charge in [-0.3, -0.25) is 9.59 Å². The van der Waals surface area contributed by atoms with Gasteiger partial charge in [0.15, 0.2) is 0 Å². The molecule has 1 rings (SSSR count). The highest BCUT2D eigenvalue weighted by molar-refractivity contribution is 5.95. The summed E-state index contributed by atoms with van der Waals surface area (Å²) >= 11 is 0. The molecular formula is C16H25N3O3. The molecule has 3 N–H and O–H groups in total. The van der Waals surface area contributed by atoms with Crippen molar-refractivity contribution in [2.24, 2.45) is 5.73 Å². The number of ether oxygens (including phenoxy) is 1. The van der Waals surface area contributed by atoms with Crippen molar-refractivity contribution < 1.29 is 14.3 Å². The summed E-state index contributed by atoms with van der Waals surface area (Å²) in [6.07, 6.45) is -0.0869. The van der Waals surface area contributed by atoms with Crippen molar-refractivity contribution in [3.8, 4) is 0 Å². The molecule has 0 saturated carbocycles. The molecule has 0 saturated heterocycles. The molecule has 122 valence electrons. The summed E-state index contributed by atoms with van der Waals surface area (Å²) in [7, 11) is 1.53. The predicted molar refractivity (Wildman–Crippen MR) is 86.8 cm³/mol. The summed E-state index contributed by atoms with van der Waals surface area (Å²) in [6, 6.07) is 6.87. The molecule has 0 aliphatic heterocycles. The van der Waals surface area contributed by atoms with Crippen molar-refractivity contribution in [2.75, 3.05) is 32.1 Å². The van der Waals surface area contributed by atoms with Gasteiger partial charge in [-0.05, 0) is 38.1 Å². The quantitative estimate of drug-likeness (QED) is 0.761. The van der Waals surface area contributed by atoms with E-state index >= 15 is 0 Å². The van der Waals surface area contributed by atoms with Crippen molar-refractivity contribution in [1.29, 1.82) is 0 Å². The van der Waals surface area contributed by atoms with Crippen molar-refractivity contribution in [3.05, 3.63) is 29.8 Å². The van der Waals surface area contributed by atoms with Gasteiger partial charge < -0.3 is 20.7 Å². The van der Waals surface area contributed by atoms with E-state index in [1.165, 1.54) is 7.11 Å². The Balaban J connectivity index is 2.65. The Kier molecular flexibility index (Phi) is 7.56. The fourth-order valence-corrected chi connectivity index (χ4v) is 2.07. The number of nitrogens with two attached hydrogens (primary N) is 1.